The van der Waals surface area contributed by atoms with Crippen LogP contribution >= 0.6 is 0 Å². The van der Waals surface area contributed by atoms with E-state index in [0.29, 0.717) is 12.5 Å². The first kappa shape index (κ1) is 15.9. The number of rotatable bonds is 6. The fourth-order valence-corrected chi connectivity index (χ4v) is 3.50. The molecule has 3 nitrogen and oxygen atoms in total. The van der Waals surface area contributed by atoms with Crippen molar-refractivity contribution < 1.29 is 9.90 Å². The molecule has 1 aliphatic carbocycles. The van der Waals surface area contributed by atoms with Gasteiger partial charge < -0.3 is 10.0 Å². The lowest BCUT2D eigenvalue weighted by Crippen LogP contribution is -2.34. The smallest absolute Gasteiger partial charge is 0.305 e. The van der Waals surface area contributed by atoms with Gasteiger partial charge in [0.25, 0.3) is 0 Å². The fourth-order valence-electron chi connectivity index (χ4n) is 3.50. The molecule has 1 aromatic rings. The summed E-state index contributed by atoms with van der Waals surface area (Å²) in [6, 6.07) is 8.30. The number of benzene rings is 1. The normalized spacial score (nSPS) is 22.0. The number of carboxylic acids is 1. The van der Waals surface area contributed by atoms with Crippen molar-refractivity contribution in [2.24, 2.45) is 11.8 Å². The second-order valence-electron chi connectivity index (χ2n) is 6.51. The van der Waals surface area contributed by atoms with Crippen molar-refractivity contribution in [1.29, 1.82) is 0 Å². The standard InChI is InChI=1S/C18H27NO2/c1-14-6-5-8-16(12-14)13-19(11-10-18(20)21)17-9-4-3-7-15(17)2/h3-4,7,9,14,16H,5-6,8,10-13H2,1-2H3,(H,20,21). The van der Waals surface area contributed by atoms with Gasteiger partial charge in [0.05, 0.1) is 6.42 Å². The Morgan fingerprint density at radius 2 is 2.10 bits per heavy atom. The molecule has 3 heteroatoms. The molecule has 0 heterocycles. The van der Waals surface area contributed by atoms with Crippen molar-refractivity contribution in [3.63, 3.8) is 0 Å². The third-order valence-corrected chi connectivity index (χ3v) is 4.58. The first-order valence-electron chi connectivity index (χ1n) is 8.08. The minimum atomic E-state index is -0.717. The zero-order chi connectivity index (χ0) is 15.2. The van der Waals surface area contributed by atoms with Crippen LogP contribution in [0, 0.1) is 18.8 Å². The maximum Gasteiger partial charge on any atom is 0.305 e. The molecule has 0 bridgehead atoms. The van der Waals surface area contributed by atoms with Crippen molar-refractivity contribution in [3.8, 4) is 0 Å². The molecule has 1 N–H and O–H groups in total. The highest BCUT2D eigenvalue weighted by molar-refractivity contribution is 5.68. The Labute approximate surface area is 128 Å². The number of carbonyl (C=O) groups is 1. The molecular formula is C18H27NO2. The van der Waals surface area contributed by atoms with Gasteiger partial charge in [0, 0.05) is 18.8 Å². The molecular weight excluding hydrogens is 262 g/mol. The highest BCUT2D eigenvalue weighted by Gasteiger charge is 2.22. The predicted molar refractivity (Wildman–Crippen MR) is 86.8 cm³/mol. The number of carboxylic acid groups (broad SMARTS) is 1. The molecule has 116 valence electrons. The molecule has 0 amide bonds. The first-order chi connectivity index (χ1) is 10.1. The molecule has 2 atom stereocenters. The van der Waals surface area contributed by atoms with E-state index in [2.05, 4.69) is 30.9 Å². The second kappa shape index (κ2) is 7.48. The van der Waals surface area contributed by atoms with Crippen molar-refractivity contribution >= 4 is 11.7 Å². The number of aliphatic carboxylic acids is 1. The Bertz CT molecular complexity index is 472. The average molecular weight is 289 g/mol. The SMILES string of the molecule is Cc1ccccc1N(CCC(=O)O)CC1CCCC(C)C1. The van der Waals surface area contributed by atoms with Gasteiger partial charge in [-0.3, -0.25) is 4.79 Å². The van der Waals surface area contributed by atoms with Crippen LogP contribution in [0.25, 0.3) is 0 Å². The van der Waals surface area contributed by atoms with E-state index in [9.17, 15) is 4.79 Å². The van der Waals surface area contributed by atoms with Gasteiger partial charge in [0.1, 0.15) is 0 Å². The van der Waals surface area contributed by atoms with Gasteiger partial charge in [-0.05, 0) is 43.2 Å². The Hall–Kier alpha value is -1.51. The van der Waals surface area contributed by atoms with E-state index in [1.807, 2.05) is 12.1 Å². The van der Waals surface area contributed by atoms with Gasteiger partial charge in [0.15, 0.2) is 0 Å². The maximum atomic E-state index is 10.9. The summed E-state index contributed by atoms with van der Waals surface area (Å²) in [7, 11) is 0. The minimum Gasteiger partial charge on any atom is -0.481 e. The number of hydrogen-bond acceptors (Lipinski definition) is 2. The zero-order valence-electron chi connectivity index (χ0n) is 13.2. The minimum absolute atomic E-state index is 0.205. The van der Waals surface area contributed by atoms with Gasteiger partial charge in [0.2, 0.25) is 0 Å². The predicted octanol–water partition coefficient (Wildman–Crippen LogP) is 4.10. The van der Waals surface area contributed by atoms with E-state index in [4.69, 9.17) is 5.11 Å². The van der Waals surface area contributed by atoms with E-state index in [-0.39, 0.29) is 6.42 Å². The monoisotopic (exact) mass is 289 g/mol. The van der Waals surface area contributed by atoms with Crippen molar-refractivity contribution in [2.45, 2.75) is 46.0 Å². The van der Waals surface area contributed by atoms with Gasteiger partial charge in [-0.15, -0.1) is 0 Å². The lowest BCUT2D eigenvalue weighted by molar-refractivity contribution is -0.136. The first-order valence-corrected chi connectivity index (χ1v) is 8.08. The van der Waals surface area contributed by atoms with Crippen molar-refractivity contribution in [3.05, 3.63) is 29.8 Å². The van der Waals surface area contributed by atoms with Gasteiger partial charge in [-0.2, -0.15) is 0 Å². The van der Waals surface area contributed by atoms with Crippen LogP contribution in [0.3, 0.4) is 0 Å². The van der Waals surface area contributed by atoms with E-state index < -0.39 is 5.97 Å². The zero-order valence-corrected chi connectivity index (χ0v) is 13.2. The van der Waals surface area contributed by atoms with Gasteiger partial charge >= 0.3 is 5.97 Å². The largest absolute Gasteiger partial charge is 0.481 e. The third kappa shape index (κ3) is 4.76. The molecule has 2 unspecified atom stereocenters. The summed E-state index contributed by atoms with van der Waals surface area (Å²) in [5.41, 5.74) is 2.42. The molecule has 0 aliphatic heterocycles. The Morgan fingerprint density at radius 3 is 2.76 bits per heavy atom. The molecule has 1 aromatic carbocycles. The number of aryl methyl sites for hydroxylation is 1. The van der Waals surface area contributed by atoms with Crippen LogP contribution in [-0.4, -0.2) is 24.2 Å². The Balaban J connectivity index is 2.08. The van der Waals surface area contributed by atoms with Crippen LogP contribution < -0.4 is 4.90 Å². The van der Waals surface area contributed by atoms with Crippen LogP contribution in [-0.2, 0) is 4.79 Å². The lowest BCUT2D eigenvalue weighted by Gasteiger charge is -2.34. The summed E-state index contributed by atoms with van der Waals surface area (Å²) >= 11 is 0. The Morgan fingerprint density at radius 1 is 1.33 bits per heavy atom. The van der Waals surface area contributed by atoms with Crippen LogP contribution in [0.1, 0.15) is 44.6 Å². The number of anilines is 1. The number of nitrogens with zero attached hydrogens (tertiary/aromatic N) is 1. The highest BCUT2D eigenvalue weighted by atomic mass is 16.4. The number of hydrogen-bond donors (Lipinski definition) is 1. The van der Waals surface area contributed by atoms with E-state index in [1.54, 1.807) is 0 Å². The lowest BCUT2D eigenvalue weighted by atomic mass is 9.82. The van der Waals surface area contributed by atoms with Gasteiger partial charge in [-0.25, -0.2) is 0 Å². The molecule has 0 aromatic heterocycles. The van der Waals surface area contributed by atoms with Gasteiger partial charge in [-0.1, -0.05) is 38.0 Å². The molecule has 1 fully saturated rings. The van der Waals surface area contributed by atoms with Crippen molar-refractivity contribution in [1.82, 2.24) is 0 Å². The number of para-hydroxylation sites is 1. The van der Waals surface area contributed by atoms with Crippen molar-refractivity contribution in [2.75, 3.05) is 18.0 Å². The summed E-state index contributed by atoms with van der Waals surface area (Å²) in [4.78, 5) is 13.2. The second-order valence-corrected chi connectivity index (χ2v) is 6.51. The average Bonchev–Trinajstić information content (AvgIpc) is 2.44. The molecule has 2 rings (SSSR count). The summed E-state index contributed by atoms with van der Waals surface area (Å²) < 4.78 is 0. The quantitative estimate of drug-likeness (QED) is 0.857. The van der Waals surface area contributed by atoms with E-state index in [1.165, 1.54) is 36.9 Å². The summed E-state index contributed by atoms with van der Waals surface area (Å²) in [5.74, 6) is 0.787. The van der Waals surface area contributed by atoms with E-state index >= 15 is 0 Å². The topological polar surface area (TPSA) is 40.5 Å². The summed E-state index contributed by atoms with van der Waals surface area (Å²) in [6.07, 6.45) is 5.41. The molecule has 0 saturated heterocycles. The Kier molecular flexibility index (Phi) is 5.66. The molecule has 21 heavy (non-hydrogen) atoms. The molecule has 0 spiro atoms. The van der Waals surface area contributed by atoms with Crippen LogP contribution in [0.15, 0.2) is 24.3 Å². The molecule has 1 saturated carbocycles. The van der Waals surface area contributed by atoms with Crippen LogP contribution in [0.5, 0.6) is 0 Å². The molecule has 1 aliphatic rings. The summed E-state index contributed by atoms with van der Waals surface area (Å²) in [6.45, 7) is 6.03. The third-order valence-electron chi connectivity index (χ3n) is 4.58. The van der Waals surface area contributed by atoms with Crippen LogP contribution in [0.4, 0.5) is 5.69 Å². The fraction of sp³-hybridized carbons (Fsp3) is 0.611. The highest BCUT2D eigenvalue weighted by Crippen LogP contribution is 2.31. The maximum absolute atomic E-state index is 10.9. The molecule has 0 radical (unpaired) electrons. The summed E-state index contributed by atoms with van der Waals surface area (Å²) in [5, 5.41) is 9.00. The van der Waals surface area contributed by atoms with E-state index in [0.717, 1.165) is 12.5 Å². The van der Waals surface area contributed by atoms with Crippen LogP contribution in [0.2, 0.25) is 0 Å².